The fourth-order valence-electron chi connectivity index (χ4n) is 8.39. The Hall–Kier alpha value is -3.81. The highest BCUT2D eigenvalue weighted by Crippen LogP contribution is 2.69. The number of H-pyrrole nitrogens is 1. The second-order valence-electron chi connectivity index (χ2n) is 12.9. The first kappa shape index (κ1) is 34.3. The number of rotatable bonds is 8. The number of benzene rings is 3. The number of thioether (sulfide) groups is 1. The average Bonchev–Trinajstić information content (AvgIpc) is 3.84. The first-order valence-electron chi connectivity index (χ1n) is 16.3. The minimum Gasteiger partial charge on any atom is -0.483 e. The van der Waals surface area contributed by atoms with Gasteiger partial charge in [0.15, 0.2) is 6.61 Å². The van der Waals surface area contributed by atoms with E-state index in [1.54, 1.807) is 79.3 Å². The smallest absolute Gasteiger partial charge is 0.338 e. The third-order valence-electron chi connectivity index (χ3n) is 10.2. The maximum absolute atomic E-state index is 14.2. The van der Waals surface area contributed by atoms with Gasteiger partial charge in [0.25, 0.3) is 5.91 Å². The monoisotopic (exact) mass is 783 g/mol. The van der Waals surface area contributed by atoms with E-state index in [1.165, 1.54) is 4.90 Å². The SMILES string of the molecule is CCOC(=O)c1ccc(N2C(=O)C3C(C2=O)[C@@H]2C[C@H]3C3Sc4[nH]c(=O)sc4[C@H](c4cc(Cl)ccc4OCC(=O)Nc4ccc(Cl)c(Cl)c4)C32)cc1. The van der Waals surface area contributed by atoms with Crippen molar-refractivity contribution in [3.8, 4) is 5.75 Å². The molecule has 2 N–H and O–H groups in total. The number of nitrogens with one attached hydrogen (secondary N) is 2. The Morgan fingerprint density at radius 3 is 2.41 bits per heavy atom. The molecule has 1 aromatic heterocycles. The molecule has 4 aromatic rings. The molecule has 2 aliphatic heterocycles. The number of hydrogen-bond acceptors (Lipinski definition) is 9. The number of ether oxygens (including phenoxy) is 2. The number of carbonyl (C=O) groups excluding carboxylic acids is 4. The lowest BCUT2D eigenvalue weighted by Crippen LogP contribution is -2.42. The summed E-state index contributed by atoms with van der Waals surface area (Å²) in [7, 11) is 0. The van der Waals surface area contributed by atoms with Crippen LogP contribution in [-0.2, 0) is 19.1 Å². The van der Waals surface area contributed by atoms with Crippen LogP contribution in [0.25, 0.3) is 0 Å². The van der Waals surface area contributed by atoms with E-state index < -0.39 is 29.6 Å². The first-order valence-corrected chi connectivity index (χ1v) is 19.1. The van der Waals surface area contributed by atoms with Gasteiger partial charge in [-0.3, -0.25) is 24.1 Å². The Labute approximate surface area is 314 Å². The van der Waals surface area contributed by atoms with Crippen LogP contribution in [0.15, 0.2) is 70.5 Å². The lowest BCUT2D eigenvalue weighted by Gasteiger charge is -2.43. The second-order valence-corrected chi connectivity index (χ2v) is 16.3. The van der Waals surface area contributed by atoms with Crippen molar-refractivity contribution in [1.82, 2.24) is 4.98 Å². The second kappa shape index (κ2) is 13.3. The Morgan fingerprint density at radius 2 is 1.69 bits per heavy atom. The normalized spacial score (nSPS) is 25.7. The number of esters is 1. The molecule has 2 aliphatic carbocycles. The van der Waals surface area contributed by atoms with E-state index in [9.17, 15) is 24.0 Å². The summed E-state index contributed by atoms with van der Waals surface area (Å²) < 4.78 is 11.2. The predicted molar refractivity (Wildman–Crippen MR) is 195 cm³/mol. The number of halogens is 3. The quantitative estimate of drug-likeness (QED) is 0.141. The molecule has 2 bridgehead atoms. The molecule has 7 atom stereocenters. The number of hydrogen-bond donors (Lipinski definition) is 2. The summed E-state index contributed by atoms with van der Waals surface area (Å²) in [5.41, 5.74) is 1.90. The van der Waals surface area contributed by atoms with Crippen molar-refractivity contribution in [1.29, 1.82) is 0 Å². The molecule has 0 spiro atoms. The van der Waals surface area contributed by atoms with Gasteiger partial charge in [-0.1, -0.05) is 46.1 Å². The van der Waals surface area contributed by atoms with Gasteiger partial charge >= 0.3 is 10.8 Å². The number of carbonyl (C=O) groups is 4. The van der Waals surface area contributed by atoms with Crippen LogP contribution in [0.5, 0.6) is 5.75 Å². The van der Waals surface area contributed by atoms with Gasteiger partial charge in [0, 0.05) is 32.3 Å². The molecule has 4 unspecified atom stereocenters. The van der Waals surface area contributed by atoms with Crippen LogP contribution < -0.4 is 19.8 Å². The average molecular weight is 785 g/mol. The zero-order valence-corrected chi connectivity index (χ0v) is 30.6. The summed E-state index contributed by atoms with van der Waals surface area (Å²) in [6.07, 6.45) is 0.684. The summed E-state index contributed by atoms with van der Waals surface area (Å²) >= 11 is 21.4. The van der Waals surface area contributed by atoms with Gasteiger partial charge in [-0.2, -0.15) is 0 Å². The van der Waals surface area contributed by atoms with Gasteiger partial charge in [0.2, 0.25) is 11.8 Å². The van der Waals surface area contributed by atoms with Crippen LogP contribution in [0.2, 0.25) is 15.1 Å². The van der Waals surface area contributed by atoms with Crippen LogP contribution in [0, 0.1) is 29.6 Å². The fourth-order valence-corrected chi connectivity index (χ4v) is 11.7. The Bertz CT molecular complexity index is 2170. The standard InChI is InChI=1S/C36H28Cl3N3O7S2/c1-2-48-35(46)15-3-7-18(8-4-15)42-33(44)28-20-13-21(29(28)34(42)45)30-27(20)26(31-32(50-30)41-36(47)51-31)19-11-16(37)5-10-24(19)49-14-25(43)40-17-6-9-22(38)23(39)12-17/h3-12,20-21,26-30H,2,13-14H2,1H3,(H,40,43)(H,41,47)/t20-,21-,26-,27?,28?,29?,30?/m1/s1. The van der Waals surface area contributed by atoms with Crippen molar-refractivity contribution in [3.63, 3.8) is 0 Å². The van der Waals surface area contributed by atoms with Crippen LogP contribution in [0.4, 0.5) is 11.4 Å². The molecule has 1 saturated heterocycles. The molecule has 8 rings (SSSR count). The van der Waals surface area contributed by atoms with Gasteiger partial charge in [0.05, 0.1) is 44.8 Å². The molecule has 2 saturated carbocycles. The third-order valence-corrected chi connectivity index (χ3v) is 13.8. The Morgan fingerprint density at radius 1 is 0.941 bits per heavy atom. The molecule has 3 amide bonds. The highest BCUT2D eigenvalue weighted by Gasteiger charge is 2.70. The molecule has 3 aromatic carbocycles. The van der Waals surface area contributed by atoms with Crippen molar-refractivity contribution in [2.75, 3.05) is 23.4 Å². The third kappa shape index (κ3) is 5.85. The number of nitrogens with zero attached hydrogens (tertiary/aromatic N) is 1. The van der Waals surface area contributed by atoms with E-state index in [1.807, 2.05) is 0 Å². The number of thiazole rings is 1. The van der Waals surface area contributed by atoms with E-state index >= 15 is 0 Å². The maximum atomic E-state index is 14.2. The molecule has 3 heterocycles. The summed E-state index contributed by atoms with van der Waals surface area (Å²) in [6.45, 7) is 1.63. The first-order chi connectivity index (χ1) is 24.5. The van der Waals surface area contributed by atoms with E-state index in [4.69, 9.17) is 44.3 Å². The molecule has 262 valence electrons. The topological polar surface area (TPSA) is 135 Å². The Kier molecular flexibility index (Phi) is 8.95. The lowest BCUT2D eigenvalue weighted by molar-refractivity contribution is -0.123. The minimum atomic E-state index is -0.547. The van der Waals surface area contributed by atoms with Crippen LogP contribution in [-0.4, -0.2) is 47.1 Å². The van der Waals surface area contributed by atoms with Crippen LogP contribution in [0.3, 0.4) is 0 Å². The van der Waals surface area contributed by atoms with Crippen molar-refractivity contribution in [3.05, 3.63) is 101 Å². The number of aromatic amines is 1. The molecule has 0 radical (unpaired) electrons. The molecular weight excluding hydrogens is 757 g/mol. The predicted octanol–water partition coefficient (Wildman–Crippen LogP) is 7.27. The summed E-state index contributed by atoms with van der Waals surface area (Å²) in [5.74, 6) is -2.86. The largest absolute Gasteiger partial charge is 0.483 e. The summed E-state index contributed by atoms with van der Waals surface area (Å²) in [5, 5.41) is 4.51. The number of imide groups is 1. The molecule has 15 heteroatoms. The van der Waals surface area contributed by atoms with E-state index in [0.717, 1.165) is 21.2 Å². The van der Waals surface area contributed by atoms with Gasteiger partial charge in [-0.15, -0.1) is 11.8 Å². The van der Waals surface area contributed by atoms with Crippen molar-refractivity contribution < 1.29 is 28.7 Å². The molecule has 10 nitrogen and oxygen atoms in total. The molecule has 51 heavy (non-hydrogen) atoms. The molecule has 4 aliphatic rings. The van der Waals surface area contributed by atoms with Crippen LogP contribution in [0.1, 0.15) is 40.1 Å². The van der Waals surface area contributed by atoms with Crippen molar-refractivity contribution >= 4 is 93.0 Å². The van der Waals surface area contributed by atoms with E-state index in [0.29, 0.717) is 49.7 Å². The number of anilines is 2. The molecular formula is C36H28Cl3N3O7S2. The van der Waals surface area contributed by atoms with Gasteiger partial charge < -0.3 is 19.8 Å². The lowest BCUT2D eigenvalue weighted by atomic mass is 9.68. The van der Waals surface area contributed by atoms with E-state index in [2.05, 4.69) is 10.3 Å². The van der Waals surface area contributed by atoms with Crippen molar-refractivity contribution in [2.24, 2.45) is 29.6 Å². The van der Waals surface area contributed by atoms with Crippen molar-refractivity contribution in [2.45, 2.75) is 29.5 Å². The van der Waals surface area contributed by atoms with Crippen LogP contribution >= 0.6 is 57.9 Å². The number of amides is 3. The summed E-state index contributed by atoms with van der Waals surface area (Å²) in [4.78, 5) is 71.1. The zero-order chi connectivity index (χ0) is 35.7. The van der Waals surface area contributed by atoms with Gasteiger partial charge in [-0.05, 0) is 91.8 Å². The fraction of sp³-hybridized carbons (Fsp3) is 0.306. The molecule has 3 fully saturated rings. The highest BCUT2D eigenvalue weighted by molar-refractivity contribution is 8.00. The van der Waals surface area contributed by atoms with E-state index in [-0.39, 0.29) is 52.9 Å². The highest BCUT2D eigenvalue weighted by atomic mass is 35.5. The summed E-state index contributed by atoms with van der Waals surface area (Å²) in [6, 6.07) is 16.3. The number of fused-ring (bicyclic) bond motifs is 9. The zero-order valence-electron chi connectivity index (χ0n) is 26.7. The maximum Gasteiger partial charge on any atom is 0.338 e. The van der Waals surface area contributed by atoms with Gasteiger partial charge in [-0.25, -0.2) is 4.79 Å². The van der Waals surface area contributed by atoms with Gasteiger partial charge in [0.1, 0.15) is 5.75 Å². The Balaban J connectivity index is 1.10. The minimum absolute atomic E-state index is 0.0772. The number of aromatic nitrogens is 1.